The van der Waals surface area contributed by atoms with Crippen LogP contribution in [0.2, 0.25) is 5.02 Å². The van der Waals surface area contributed by atoms with Crippen molar-refractivity contribution in [2.45, 2.75) is 31.7 Å². The lowest BCUT2D eigenvalue weighted by Crippen LogP contribution is -2.46. The second-order valence-electron chi connectivity index (χ2n) is 6.07. The lowest BCUT2D eigenvalue weighted by atomic mass is 9.89. The molecule has 1 aliphatic carbocycles. The first-order valence-corrected chi connectivity index (χ1v) is 8.18. The predicted molar refractivity (Wildman–Crippen MR) is 96.7 cm³/mol. The molecule has 0 radical (unpaired) electrons. The zero-order chi connectivity index (χ0) is 14.8. The normalized spacial score (nSPS) is 20.6. The van der Waals surface area contributed by atoms with E-state index in [1.54, 1.807) is 6.07 Å². The van der Waals surface area contributed by atoms with E-state index in [4.69, 9.17) is 11.6 Å². The topological polar surface area (TPSA) is 35.5 Å². The van der Waals surface area contributed by atoms with Gasteiger partial charge in [0.1, 0.15) is 0 Å². The van der Waals surface area contributed by atoms with Crippen molar-refractivity contribution in [3.05, 3.63) is 28.5 Å². The van der Waals surface area contributed by atoms with Crippen LogP contribution in [0, 0.1) is 11.7 Å². The highest BCUT2D eigenvalue weighted by Gasteiger charge is 2.35. The van der Waals surface area contributed by atoms with Gasteiger partial charge >= 0.3 is 0 Å². The van der Waals surface area contributed by atoms with E-state index in [2.05, 4.69) is 10.2 Å². The summed E-state index contributed by atoms with van der Waals surface area (Å²) in [6.45, 7) is 3.68. The summed E-state index contributed by atoms with van der Waals surface area (Å²) in [5.41, 5.74) is 0.588. The van der Waals surface area contributed by atoms with Gasteiger partial charge in [-0.1, -0.05) is 24.4 Å². The van der Waals surface area contributed by atoms with Crippen LogP contribution in [0.5, 0.6) is 5.75 Å². The van der Waals surface area contributed by atoms with Crippen molar-refractivity contribution in [3.8, 4) is 5.75 Å². The third-order valence-electron chi connectivity index (χ3n) is 4.80. The number of nitrogens with zero attached hydrogens (tertiary/aromatic N) is 1. The molecule has 1 aliphatic heterocycles. The summed E-state index contributed by atoms with van der Waals surface area (Å²) in [7, 11) is 0. The number of phenolic OH excluding ortho intramolecular Hbond substituents is 1. The van der Waals surface area contributed by atoms with Gasteiger partial charge in [-0.15, -0.1) is 24.8 Å². The van der Waals surface area contributed by atoms with E-state index in [9.17, 15) is 9.50 Å². The average molecular weight is 386 g/mol. The van der Waals surface area contributed by atoms with E-state index in [0.717, 1.165) is 39.0 Å². The van der Waals surface area contributed by atoms with E-state index in [0.29, 0.717) is 16.5 Å². The molecule has 1 saturated heterocycles. The Morgan fingerprint density at radius 2 is 1.78 bits per heavy atom. The van der Waals surface area contributed by atoms with Gasteiger partial charge in [0, 0.05) is 42.8 Å². The molecule has 2 fully saturated rings. The number of benzene rings is 1. The second kappa shape index (κ2) is 9.28. The zero-order valence-electron chi connectivity index (χ0n) is 12.9. The summed E-state index contributed by atoms with van der Waals surface area (Å²) in [6, 6.07) is 2.83. The molecule has 1 atom stereocenters. The molecule has 2 aliphatic rings. The third-order valence-corrected chi connectivity index (χ3v) is 5.13. The maximum atomic E-state index is 13.8. The SMILES string of the molecule is Cl.Cl.Oc1c(F)ccc(Cl)c1[C@@H](C1CCCC1)N1CCNCC1. The molecule has 1 aromatic rings. The summed E-state index contributed by atoms with van der Waals surface area (Å²) in [4.78, 5) is 2.35. The Bertz CT molecular complexity index is 506. The average Bonchev–Trinajstić information content (AvgIpc) is 3.02. The number of hydrogen-bond acceptors (Lipinski definition) is 3. The first-order chi connectivity index (χ1) is 10.2. The summed E-state index contributed by atoms with van der Waals surface area (Å²) in [6.07, 6.45) is 4.67. The van der Waals surface area contributed by atoms with Crippen LogP contribution in [-0.2, 0) is 0 Å². The van der Waals surface area contributed by atoms with Crippen molar-refractivity contribution in [2.75, 3.05) is 26.2 Å². The van der Waals surface area contributed by atoms with Crippen molar-refractivity contribution in [2.24, 2.45) is 5.92 Å². The maximum Gasteiger partial charge on any atom is 0.165 e. The quantitative estimate of drug-likeness (QED) is 0.820. The van der Waals surface area contributed by atoms with Crippen LogP contribution < -0.4 is 5.32 Å². The molecule has 132 valence electrons. The fourth-order valence-electron chi connectivity index (χ4n) is 3.79. The van der Waals surface area contributed by atoms with Gasteiger partial charge in [-0.25, -0.2) is 4.39 Å². The Hall–Kier alpha value is -0.260. The first-order valence-electron chi connectivity index (χ1n) is 7.80. The van der Waals surface area contributed by atoms with E-state index in [-0.39, 0.29) is 36.6 Å². The molecular formula is C16H24Cl3FN2O. The van der Waals surface area contributed by atoms with Gasteiger partial charge in [-0.05, 0) is 30.9 Å². The van der Waals surface area contributed by atoms with E-state index < -0.39 is 5.82 Å². The number of aromatic hydroxyl groups is 1. The highest BCUT2D eigenvalue weighted by molar-refractivity contribution is 6.31. The highest BCUT2D eigenvalue weighted by atomic mass is 35.5. The summed E-state index contributed by atoms with van der Waals surface area (Å²) in [5, 5.41) is 14.1. The van der Waals surface area contributed by atoms with Crippen LogP contribution in [0.25, 0.3) is 0 Å². The van der Waals surface area contributed by atoms with Crippen LogP contribution in [-0.4, -0.2) is 36.2 Å². The van der Waals surface area contributed by atoms with Gasteiger partial charge in [0.15, 0.2) is 11.6 Å². The Balaban J connectivity index is 0.00000132. The third kappa shape index (κ3) is 4.43. The Morgan fingerprint density at radius 1 is 1.17 bits per heavy atom. The number of phenols is 1. The minimum atomic E-state index is -0.576. The van der Waals surface area contributed by atoms with Crippen LogP contribution in [0.4, 0.5) is 4.39 Å². The van der Waals surface area contributed by atoms with Crippen LogP contribution in [0.3, 0.4) is 0 Å². The highest BCUT2D eigenvalue weighted by Crippen LogP contribution is 2.45. The predicted octanol–water partition coefficient (Wildman–Crippen LogP) is 4.16. The van der Waals surface area contributed by atoms with E-state index in [1.165, 1.54) is 18.9 Å². The van der Waals surface area contributed by atoms with E-state index in [1.807, 2.05) is 0 Å². The zero-order valence-corrected chi connectivity index (χ0v) is 15.3. The molecule has 2 N–H and O–H groups in total. The van der Waals surface area contributed by atoms with Crippen molar-refractivity contribution >= 4 is 36.4 Å². The molecule has 7 heteroatoms. The Labute approximate surface area is 154 Å². The molecule has 0 spiro atoms. The van der Waals surface area contributed by atoms with Gasteiger partial charge in [-0.3, -0.25) is 4.90 Å². The number of nitrogens with one attached hydrogen (secondary N) is 1. The Kier molecular flexibility index (Phi) is 8.39. The van der Waals surface area contributed by atoms with Gasteiger partial charge in [0.05, 0.1) is 0 Å². The summed E-state index contributed by atoms with van der Waals surface area (Å²) < 4.78 is 13.8. The number of halogens is 4. The first kappa shape index (κ1) is 20.8. The van der Waals surface area contributed by atoms with Crippen molar-refractivity contribution < 1.29 is 9.50 Å². The van der Waals surface area contributed by atoms with E-state index >= 15 is 0 Å². The molecule has 3 rings (SSSR count). The molecule has 1 heterocycles. The molecule has 1 saturated carbocycles. The maximum absolute atomic E-state index is 13.8. The monoisotopic (exact) mass is 384 g/mol. The molecular weight excluding hydrogens is 362 g/mol. The van der Waals surface area contributed by atoms with Gasteiger partial charge < -0.3 is 10.4 Å². The van der Waals surface area contributed by atoms with Crippen molar-refractivity contribution in [1.82, 2.24) is 10.2 Å². The molecule has 0 aromatic heterocycles. The molecule has 1 aromatic carbocycles. The molecule has 0 unspecified atom stereocenters. The number of rotatable bonds is 3. The van der Waals surface area contributed by atoms with Crippen LogP contribution in [0.15, 0.2) is 12.1 Å². The molecule has 3 nitrogen and oxygen atoms in total. The largest absolute Gasteiger partial charge is 0.505 e. The van der Waals surface area contributed by atoms with Gasteiger partial charge in [-0.2, -0.15) is 0 Å². The van der Waals surface area contributed by atoms with Gasteiger partial charge in [0.2, 0.25) is 0 Å². The summed E-state index contributed by atoms with van der Waals surface area (Å²) >= 11 is 6.32. The number of hydrogen-bond donors (Lipinski definition) is 2. The molecule has 0 bridgehead atoms. The lowest BCUT2D eigenvalue weighted by molar-refractivity contribution is 0.123. The minimum Gasteiger partial charge on any atom is -0.505 e. The minimum absolute atomic E-state index is 0. The van der Waals surface area contributed by atoms with Crippen LogP contribution >= 0.6 is 36.4 Å². The van der Waals surface area contributed by atoms with Crippen molar-refractivity contribution in [1.29, 1.82) is 0 Å². The fraction of sp³-hybridized carbons (Fsp3) is 0.625. The van der Waals surface area contributed by atoms with Gasteiger partial charge in [0.25, 0.3) is 0 Å². The molecule has 0 amide bonds. The number of piperazine rings is 1. The standard InChI is InChI=1S/C16H22ClFN2O.2ClH/c17-12-5-6-13(18)16(21)14(12)15(11-3-1-2-4-11)20-9-7-19-8-10-20;;/h5-6,11,15,19,21H,1-4,7-10H2;2*1H/t15-;;/m1../s1. The summed E-state index contributed by atoms with van der Waals surface area (Å²) in [5.74, 6) is -0.390. The Morgan fingerprint density at radius 3 is 2.39 bits per heavy atom. The second-order valence-corrected chi connectivity index (χ2v) is 6.47. The van der Waals surface area contributed by atoms with Crippen molar-refractivity contribution in [3.63, 3.8) is 0 Å². The molecule has 23 heavy (non-hydrogen) atoms. The smallest absolute Gasteiger partial charge is 0.165 e. The van der Waals surface area contributed by atoms with Crippen LogP contribution in [0.1, 0.15) is 37.3 Å². The lowest BCUT2D eigenvalue weighted by Gasteiger charge is -2.39. The fourth-order valence-corrected chi connectivity index (χ4v) is 4.05.